The Kier molecular flexibility index (Phi) is 5.03. The molecule has 1 aromatic heterocycles. The van der Waals surface area contributed by atoms with Crippen LogP contribution in [0.15, 0.2) is 6.07 Å². The second kappa shape index (κ2) is 7.09. The maximum atomic E-state index is 14.0. The van der Waals surface area contributed by atoms with Crippen molar-refractivity contribution in [2.24, 2.45) is 5.92 Å². The van der Waals surface area contributed by atoms with E-state index < -0.39 is 11.8 Å². The standard InChI is InChI=1S/C20H24FN3O2/c1-5-7-8-13(6-2)10-24-19(25)17-18(20(24)26)23-16-12(4)14(21)9-11(3)15(16)22-17/h9,13H,5-8,10H2,1-4H3. The van der Waals surface area contributed by atoms with Crippen molar-refractivity contribution in [3.63, 3.8) is 0 Å². The molecular formula is C20H24FN3O2. The SMILES string of the molecule is CCCCC(CC)CN1C(=O)c2nc3c(C)cc(F)c(C)c3nc2C1=O. The zero-order valence-corrected chi connectivity index (χ0v) is 15.7. The third-order valence-electron chi connectivity index (χ3n) is 5.21. The van der Waals surface area contributed by atoms with Crippen molar-refractivity contribution in [1.29, 1.82) is 0 Å². The summed E-state index contributed by atoms with van der Waals surface area (Å²) in [6.45, 7) is 7.91. The lowest BCUT2D eigenvalue weighted by atomic mass is 9.99. The van der Waals surface area contributed by atoms with Gasteiger partial charge in [0.1, 0.15) is 5.82 Å². The van der Waals surface area contributed by atoms with Crippen molar-refractivity contribution in [2.75, 3.05) is 6.54 Å². The van der Waals surface area contributed by atoms with Crippen molar-refractivity contribution in [3.05, 3.63) is 34.4 Å². The number of unbranched alkanes of at least 4 members (excludes halogenated alkanes) is 1. The highest BCUT2D eigenvalue weighted by Crippen LogP contribution is 2.28. The Morgan fingerprint density at radius 2 is 1.69 bits per heavy atom. The van der Waals surface area contributed by atoms with E-state index in [0.717, 1.165) is 25.7 Å². The summed E-state index contributed by atoms with van der Waals surface area (Å²) >= 11 is 0. The van der Waals surface area contributed by atoms with E-state index in [1.165, 1.54) is 11.0 Å². The van der Waals surface area contributed by atoms with Crippen LogP contribution >= 0.6 is 0 Å². The van der Waals surface area contributed by atoms with E-state index in [1.807, 2.05) is 0 Å². The summed E-state index contributed by atoms with van der Waals surface area (Å²) in [5.41, 5.74) is 1.90. The first kappa shape index (κ1) is 18.4. The summed E-state index contributed by atoms with van der Waals surface area (Å²) in [5.74, 6) is -0.928. The van der Waals surface area contributed by atoms with Gasteiger partial charge in [0.2, 0.25) is 0 Å². The van der Waals surface area contributed by atoms with Gasteiger partial charge in [-0.1, -0.05) is 33.1 Å². The van der Waals surface area contributed by atoms with Crippen LogP contribution in [0.5, 0.6) is 0 Å². The van der Waals surface area contributed by atoms with E-state index in [1.54, 1.807) is 13.8 Å². The minimum Gasteiger partial charge on any atom is -0.271 e. The first-order chi connectivity index (χ1) is 12.4. The minimum atomic E-state index is -0.421. The smallest absolute Gasteiger partial charge is 0.271 e. The van der Waals surface area contributed by atoms with E-state index in [9.17, 15) is 14.0 Å². The molecule has 2 heterocycles. The molecule has 0 fully saturated rings. The average molecular weight is 357 g/mol. The zero-order valence-electron chi connectivity index (χ0n) is 15.7. The van der Waals surface area contributed by atoms with Crippen molar-refractivity contribution >= 4 is 22.8 Å². The number of hydrogen-bond acceptors (Lipinski definition) is 4. The van der Waals surface area contributed by atoms with Crippen LogP contribution in [0.1, 0.15) is 71.6 Å². The molecule has 0 radical (unpaired) electrons. The van der Waals surface area contributed by atoms with Gasteiger partial charge in [-0.3, -0.25) is 14.5 Å². The van der Waals surface area contributed by atoms with Crippen LogP contribution in [0, 0.1) is 25.6 Å². The normalized spacial score (nSPS) is 15.0. The highest BCUT2D eigenvalue weighted by atomic mass is 19.1. The molecule has 1 aliphatic heterocycles. The molecule has 5 nitrogen and oxygen atoms in total. The lowest BCUT2D eigenvalue weighted by Crippen LogP contribution is -2.34. The molecule has 0 aliphatic carbocycles. The molecule has 0 saturated carbocycles. The summed E-state index contributed by atoms with van der Waals surface area (Å²) in [7, 11) is 0. The summed E-state index contributed by atoms with van der Waals surface area (Å²) in [6.07, 6.45) is 4.03. The van der Waals surface area contributed by atoms with Crippen molar-refractivity contribution < 1.29 is 14.0 Å². The molecule has 1 aromatic carbocycles. The van der Waals surface area contributed by atoms with Gasteiger partial charge in [-0.05, 0) is 37.8 Å². The molecular weight excluding hydrogens is 333 g/mol. The van der Waals surface area contributed by atoms with Gasteiger partial charge in [0.05, 0.1) is 11.0 Å². The number of fused-ring (bicyclic) bond motifs is 2. The van der Waals surface area contributed by atoms with Crippen LogP contribution in [0.2, 0.25) is 0 Å². The van der Waals surface area contributed by atoms with Crippen LogP contribution in [-0.2, 0) is 0 Å². The van der Waals surface area contributed by atoms with Crippen LogP contribution < -0.4 is 0 Å². The molecule has 6 heteroatoms. The Morgan fingerprint density at radius 1 is 1.08 bits per heavy atom. The highest BCUT2D eigenvalue weighted by Gasteiger charge is 2.40. The third-order valence-corrected chi connectivity index (χ3v) is 5.21. The topological polar surface area (TPSA) is 63.2 Å². The van der Waals surface area contributed by atoms with E-state index in [4.69, 9.17) is 0 Å². The van der Waals surface area contributed by atoms with Crippen LogP contribution in [0.3, 0.4) is 0 Å². The van der Waals surface area contributed by atoms with Crippen LogP contribution in [-0.4, -0.2) is 33.2 Å². The molecule has 0 saturated heterocycles. The number of carbonyl (C=O) groups is 2. The number of carbonyl (C=O) groups excluding carboxylic acids is 2. The van der Waals surface area contributed by atoms with Crippen LogP contribution in [0.4, 0.5) is 4.39 Å². The quantitative estimate of drug-likeness (QED) is 0.727. The Hall–Kier alpha value is -2.37. The number of aromatic nitrogens is 2. The molecule has 0 spiro atoms. The molecule has 0 N–H and O–H groups in total. The summed E-state index contributed by atoms with van der Waals surface area (Å²) < 4.78 is 14.0. The lowest BCUT2D eigenvalue weighted by Gasteiger charge is -2.20. The Balaban J connectivity index is 2.01. The van der Waals surface area contributed by atoms with Crippen molar-refractivity contribution in [3.8, 4) is 0 Å². The van der Waals surface area contributed by atoms with E-state index in [-0.39, 0.29) is 23.1 Å². The maximum Gasteiger partial charge on any atom is 0.281 e. The molecule has 0 bridgehead atoms. The summed E-state index contributed by atoms with van der Waals surface area (Å²) in [4.78, 5) is 35.5. The number of hydrogen-bond donors (Lipinski definition) is 0. The van der Waals surface area contributed by atoms with Gasteiger partial charge in [-0.25, -0.2) is 14.4 Å². The largest absolute Gasteiger partial charge is 0.281 e. The van der Waals surface area contributed by atoms with E-state index in [0.29, 0.717) is 28.7 Å². The molecule has 3 rings (SSSR count). The molecule has 2 aromatic rings. The fourth-order valence-corrected chi connectivity index (χ4v) is 3.44. The van der Waals surface area contributed by atoms with Gasteiger partial charge in [-0.15, -0.1) is 0 Å². The number of rotatable bonds is 6. The lowest BCUT2D eigenvalue weighted by molar-refractivity contribution is 0.0620. The number of imide groups is 1. The first-order valence-corrected chi connectivity index (χ1v) is 9.22. The second-order valence-electron chi connectivity index (χ2n) is 7.06. The molecule has 2 amide bonds. The fourth-order valence-electron chi connectivity index (χ4n) is 3.44. The van der Waals surface area contributed by atoms with E-state index >= 15 is 0 Å². The monoisotopic (exact) mass is 357 g/mol. The summed E-state index contributed by atoms with van der Waals surface area (Å²) in [5, 5.41) is 0. The predicted octanol–water partition coefficient (Wildman–Crippen LogP) is 4.20. The number of amides is 2. The first-order valence-electron chi connectivity index (χ1n) is 9.22. The maximum absolute atomic E-state index is 14.0. The van der Waals surface area contributed by atoms with Gasteiger partial charge in [0.25, 0.3) is 11.8 Å². The molecule has 138 valence electrons. The predicted molar refractivity (Wildman–Crippen MR) is 97.6 cm³/mol. The summed E-state index contributed by atoms with van der Waals surface area (Å²) in [6, 6.07) is 1.38. The highest BCUT2D eigenvalue weighted by molar-refractivity contribution is 6.20. The van der Waals surface area contributed by atoms with Crippen molar-refractivity contribution in [1.82, 2.24) is 14.9 Å². The second-order valence-corrected chi connectivity index (χ2v) is 7.06. The number of aryl methyl sites for hydroxylation is 2. The Morgan fingerprint density at radius 3 is 2.27 bits per heavy atom. The Bertz CT molecular complexity index is 894. The van der Waals surface area contributed by atoms with Gasteiger partial charge in [0.15, 0.2) is 11.4 Å². The van der Waals surface area contributed by atoms with Crippen LogP contribution in [0.25, 0.3) is 11.0 Å². The molecule has 1 unspecified atom stereocenters. The third kappa shape index (κ3) is 2.97. The van der Waals surface area contributed by atoms with Crippen molar-refractivity contribution in [2.45, 2.75) is 53.4 Å². The zero-order chi connectivity index (χ0) is 19.0. The Labute approximate surface area is 152 Å². The molecule has 1 atom stereocenters. The number of benzene rings is 1. The van der Waals surface area contributed by atoms with Gasteiger partial charge < -0.3 is 0 Å². The molecule has 1 aliphatic rings. The minimum absolute atomic E-state index is 0.0425. The van der Waals surface area contributed by atoms with Gasteiger partial charge >= 0.3 is 0 Å². The number of nitrogens with zero attached hydrogens (tertiary/aromatic N) is 3. The number of halogens is 1. The van der Waals surface area contributed by atoms with Gasteiger partial charge in [-0.2, -0.15) is 0 Å². The fraction of sp³-hybridized carbons (Fsp3) is 0.500. The molecule has 26 heavy (non-hydrogen) atoms. The van der Waals surface area contributed by atoms with E-state index in [2.05, 4.69) is 23.8 Å². The average Bonchev–Trinajstić information content (AvgIpc) is 2.86. The van der Waals surface area contributed by atoms with Gasteiger partial charge in [0, 0.05) is 12.1 Å².